The number of hydrogen-bond donors (Lipinski definition) is 0. The number of carbonyl (C=O) groups excluding carboxylic acids is 1. The molecule has 1 heterocycles. The van der Waals surface area contributed by atoms with Gasteiger partial charge in [0.05, 0.1) is 4.92 Å². The summed E-state index contributed by atoms with van der Waals surface area (Å²) in [5, 5.41) is 8.58. The average Bonchev–Trinajstić information content (AvgIpc) is 2.15. The van der Waals surface area contributed by atoms with Crippen LogP contribution in [0.4, 0.5) is 14.5 Å². The summed E-state index contributed by atoms with van der Waals surface area (Å²) in [6.45, 7) is 0. The molecule has 86 valence electrons. The molecule has 0 saturated heterocycles. The van der Waals surface area contributed by atoms with Crippen molar-refractivity contribution in [3.05, 3.63) is 32.6 Å². The minimum Gasteiger partial charge on any atom is -0.274 e. The first-order valence-corrected chi connectivity index (χ1v) is 4.43. The number of pyridine rings is 1. The van der Waals surface area contributed by atoms with Crippen molar-refractivity contribution in [3.8, 4) is 0 Å². The Morgan fingerprint density at radius 1 is 1.56 bits per heavy atom. The van der Waals surface area contributed by atoms with Gasteiger partial charge in [-0.05, 0) is 17.7 Å². The first-order valence-electron chi connectivity index (χ1n) is 3.67. The van der Waals surface area contributed by atoms with Crippen LogP contribution >= 0.6 is 23.2 Å². The smallest absolute Gasteiger partial charge is 0.274 e. The fourth-order valence-electron chi connectivity index (χ4n) is 0.948. The molecule has 9 heteroatoms. The predicted octanol–water partition coefficient (Wildman–Crippen LogP) is 2.96. The molecule has 0 saturated carbocycles. The molecule has 0 amide bonds. The number of halogens is 4. The third-order valence-corrected chi connectivity index (χ3v) is 2.03. The maximum Gasteiger partial charge on any atom is 0.318 e. The van der Waals surface area contributed by atoms with Crippen molar-refractivity contribution in [1.82, 2.24) is 4.98 Å². The second-order valence-corrected chi connectivity index (χ2v) is 3.31. The van der Waals surface area contributed by atoms with Gasteiger partial charge in [0.1, 0.15) is 10.7 Å². The Morgan fingerprint density at radius 3 is 2.50 bits per heavy atom. The molecule has 0 unspecified atom stereocenters. The number of aromatic nitrogens is 1. The number of nitro groups is 1. The van der Waals surface area contributed by atoms with E-state index in [1.54, 1.807) is 0 Å². The number of rotatable bonds is 3. The highest BCUT2D eigenvalue weighted by atomic mass is 35.5. The molecular weight excluding hydrogens is 269 g/mol. The molecule has 0 bridgehead atoms. The van der Waals surface area contributed by atoms with Crippen molar-refractivity contribution < 1.29 is 18.5 Å². The fraction of sp³-hybridized carbons (Fsp3) is 0.143. The van der Waals surface area contributed by atoms with Crippen LogP contribution in [0, 0.1) is 10.1 Å². The van der Waals surface area contributed by atoms with Gasteiger partial charge in [0.15, 0.2) is 0 Å². The normalized spacial score (nSPS) is 10.6. The summed E-state index contributed by atoms with van der Waals surface area (Å²) in [6.07, 6.45) is -3.01. The number of nitrogens with zero attached hydrogens (tertiary/aromatic N) is 2. The van der Waals surface area contributed by atoms with Crippen molar-refractivity contribution in [2.24, 2.45) is 0 Å². The minimum absolute atomic E-state index is 0.612. The lowest BCUT2D eigenvalue weighted by Crippen LogP contribution is -2.05. The summed E-state index contributed by atoms with van der Waals surface area (Å²) in [4.78, 5) is 23.4. The van der Waals surface area contributed by atoms with Crippen LogP contribution in [0.3, 0.4) is 0 Å². The van der Waals surface area contributed by atoms with Crippen LogP contribution in [0.1, 0.15) is 22.6 Å². The average molecular weight is 271 g/mol. The monoisotopic (exact) mass is 270 g/mol. The zero-order valence-electron chi connectivity index (χ0n) is 7.29. The number of alkyl halides is 2. The van der Waals surface area contributed by atoms with Crippen molar-refractivity contribution in [2.45, 2.75) is 6.43 Å². The molecule has 0 aliphatic heterocycles. The second kappa shape index (κ2) is 4.67. The minimum atomic E-state index is -3.01. The topological polar surface area (TPSA) is 73.1 Å². The summed E-state index contributed by atoms with van der Waals surface area (Å²) < 4.78 is 24.6. The predicted molar refractivity (Wildman–Crippen MR) is 51.0 cm³/mol. The van der Waals surface area contributed by atoms with Gasteiger partial charge in [-0.25, -0.2) is 13.8 Å². The molecule has 0 aliphatic carbocycles. The van der Waals surface area contributed by atoms with E-state index in [0.29, 0.717) is 6.07 Å². The fourth-order valence-corrected chi connectivity index (χ4v) is 1.35. The molecule has 0 aliphatic rings. The molecule has 1 aromatic heterocycles. The molecular formula is C7H2Cl2F2N2O3. The zero-order chi connectivity index (χ0) is 12.5. The van der Waals surface area contributed by atoms with Crippen molar-refractivity contribution >= 4 is 34.1 Å². The quantitative estimate of drug-likeness (QED) is 0.481. The highest BCUT2D eigenvalue weighted by Gasteiger charge is 2.27. The molecule has 0 spiro atoms. The van der Waals surface area contributed by atoms with Crippen LogP contribution < -0.4 is 0 Å². The summed E-state index contributed by atoms with van der Waals surface area (Å²) in [5.74, 6) is 0. The number of carbonyl (C=O) groups is 1. The molecule has 5 nitrogen and oxygen atoms in total. The maximum absolute atomic E-state index is 12.3. The van der Waals surface area contributed by atoms with Gasteiger partial charge in [-0.1, -0.05) is 11.6 Å². The van der Waals surface area contributed by atoms with Crippen LogP contribution in [0.2, 0.25) is 5.02 Å². The third-order valence-electron chi connectivity index (χ3n) is 1.56. The van der Waals surface area contributed by atoms with E-state index in [-0.39, 0.29) is 0 Å². The summed E-state index contributed by atoms with van der Waals surface area (Å²) in [5.41, 5.74) is -2.62. The Labute approximate surface area is 97.1 Å². The van der Waals surface area contributed by atoms with Gasteiger partial charge < -0.3 is 0 Å². The SMILES string of the molecule is O=C(Cl)c1nc(C(F)F)cc(Cl)c1[N+](=O)[O-]. The molecule has 0 radical (unpaired) electrons. The van der Waals surface area contributed by atoms with E-state index < -0.39 is 38.7 Å². The lowest BCUT2D eigenvalue weighted by molar-refractivity contribution is -0.385. The lowest BCUT2D eigenvalue weighted by Gasteiger charge is -2.03. The van der Waals surface area contributed by atoms with E-state index in [1.807, 2.05) is 0 Å². The van der Waals surface area contributed by atoms with Crippen molar-refractivity contribution in [1.29, 1.82) is 0 Å². The summed E-state index contributed by atoms with van der Waals surface area (Å²) in [6, 6.07) is 0.619. The largest absolute Gasteiger partial charge is 0.318 e. The number of hydrogen-bond acceptors (Lipinski definition) is 4. The van der Waals surface area contributed by atoms with Gasteiger partial charge in [0, 0.05) is 0 Å². The molecule has 16 heavy (non-hydrogen) atoms. The van der Waals surface area contributed by atoms with E-state index >= 15 is 0 Å². The van der Waals surface area contributed by atoms with E-state index in [1.165, 1.54) is 0 Å². The second-order valence-electron chi connectivity index (χ2n) is 2.56. The molecule has 1 aromatic rings. The first kappa shape index (κ1) is 12.7. The van der Waals surface area contributed by atoms with Crippen LogP contribution in [0.25, 0.3) is 0 Å². The lowest BCUT2D eigenvalue weighted by atomic mass is 10.2. The Kier molecular flexibility index (Phi) is 3.71. The van der Waals surface area contributed by atoms with Gasteiger partial charge >= 0.3 is 5.69 Å². The highest BCUT2D eigenvalue weighted by Crippen LogP contribution is 2.31. The third kappa shape index (κ3) is 2.42. The first-order chi connectivity index (χ1) is 7.34. The summed E-state index contributed by atoms with van der Waals surface area (Å²) >= 11 is 10.4. The van der Waals surface area contributed by atoms with Gasteiger partial charge in [-0.2, -0.15) is 0 Å². The van der Waals surface area contributed by atoms with Gasteiger partial charge in [0.2, 0.25) is 5.69 Å². The van der Waals surface area contributed by atoms with Gasteiger partial charge in [0.25, 0.3) is 11.7 Å². The van der Waals surface area contributed by atoms with Crippen LogP contribution in [-0.4, -0.2) is 15.1 Å². The standard InChI is InChI=1S/C7H2Cl2F2N2O3/c8-2-1-3(7(10)11)12-4(6(9)14)5(2)13(15)16/h1,7H. The van der Waals surface area contributed by atoms with E-state index in [9.17, 15) is 23.7 Å². The molecule has 0 N–H and O–H groups in total. The highest BCUT2D eigenvalue weighted by molar-refractivity contribution is 6.68. The van der Waals surface area contributed by atoms with Crippen molar-refractivity contribution in [3.63, 3.8) is 0 Å². The molecule has 1 rings (SSSR count). The maximum atomic E-state index is 12.3. The van der Waals surface area contributed by atoms with Crippen LogP contribution in [-0.2, 0) is 0 Å². The molecule has 0 fully saturated rings. The van der Waals surface area contributed by atoms with E-state index in [0.717, 1.165) is 0 Å². The van der Waals surface area contributed by atoms with Gasteiger partial charge in [-0.15, -0.1) is 0 Å². The van der Waals surface area contributed by atoms with Crippen LogP contribution in [0.5, 0.6) is 0 Å². The Balaban J connectivity index is 3.52. The van der Waals surface area contributed by atoms with Crippen molar-refractivity contribution in [2.75, 3.05) is 0 Å². The Hall–Kier alpha value is -1.34. The van der Waals surface area contributed by atoms with E-state index in [4.69, 9.17) is 23.2 Å². The Morgan fingerprint density at radius 2 is 2.12 bits per heavy atom. The van der Waals surface area contributed by atoms with Crippen LogP contribution in [0.15, 0.2) is 6.07 Å². The van der Waals surface area contributed by atoms with E-state index in [2.05, 4.69) is 4.98 Å². The molecule has 0 atom stereocenters. The Bertz CT molecular complexity index is 467. The molecule has 0 aromatic carbocycles. The van der Waals surface area contributed by atoms with Gasteiger partial charge in [-0.3, -0.25) is 14.9 Å². The summed E-state index contributed by atoms with van der Waals surface area (Å²) in [7, 11) is 0. The zero-order valence-corrected chi connectivity index (χ0v) is 8.80.